The van der Waals surface area contributed by atoms with Gasteiger partial charge in [-0.15, -0.1) is 0 Å². The average molecular weight is 410 g/mol. The summed E-state index contributed by atoms with van der Waals surface area (Å²) in [5.41, 5.74) is 2.23. The Bertz CT molecular complexity index is 1040. The van der Waals surface area contributed by atoms with Gasteiger partial charge in [-0.05, 0) is 35.4 Å². The van der Waals surface area contributed by atoms with Gasteiger partial charge in [0.25, 0.3) is 0 Å². The van der Waals surface area contributed by atoms with Gasteiger partial charge in [-0.1, -0.05) is 60.7 Å². The van der Waals surface area contributed by atoms with E-state index in [2.05, 4.69) is 5.32 Å². The maximum atomic E-state index is 12.7. The smallest absolute Gasteiger partial charge is 0.411 e. The summed E-state index contributed by atoms with van der Waals surface area (Å²) in [7, 11) is -2.10. The van der Waals surface area contributed by atoms with Crippen LogP contribution in [0.4, 0.5) is 10.5 Å². The molecular weight excluding hydrogens is 388 g/mol. The third-order valence-corrected chi connectivity index (χ3v) is 6.09. The van der Waals surface area contributed by atoms with E-state index in [-0.39, 0.29) is 18.0 Å². The van der Waals surface area contributed by atoms with E-state index in [0.717, 1.165) is 11.1 Å². The zero-order valence-corrected chi connectivity index (χ0v) is 16.8. The van der Waals surface area contributed by atoms with Crippen LogP contribution in [0.15, 0.2) is 89.8 Å². The van der Waals surface area contributed by atoms with Gasteiger partial charge >= 0.3 is 6.09 Å². The van der Waals surface area contributed by atoms with Crippen LogP contribution in [0.1, 0.15) is 11.1 Å². The maximum absolute atomic E-state index is 12.7. The van der Waals surface area contributed by atoms with E-state index in [9.17, 15) is 13.2 Å². The Morgan fingerprint density at radius 1 is 0.862 bits per heavy atom. The molecule has 150 valence electrons. The highest BCUT2D eigenvalue weighted by Crippen LogP contribution is 2.19. The number of sulfonamides is 1. The molecule has 0 spiro atoms. The summed E-state index contributed by atoms with van der Waals surface area (Å²) in [6, 6.07) is 24.7. The fourth-order valence-electron chi connectivity index (χ4n) is 2.69. The lowest BCUT2D eigenvalue weighted by atomic mass is 10.2. The average Bonchev–Trinajstić information content (AvgIpc) is 2.74. The van der Waals surface area contributed by atoms with Crippen molar-refractivity contribution in [3.05, 3.63) is 96.1 Å². The number of rotatable bonds is 7. The summed E-state index contributed by atoms with van der Waals surface area (Å²) in [5, 5.41) is 2.59. The second-order valence-electron chi connectivity index (χ2n) is 6.46. The minimum Gasteiger partial charge on any atom is -0.444 e. The second-order valence-corrected chi connectivity index (χ2v) is 8.50. The highest BCUT2D eigenvalue weighted by Gasteiger charge is 2.20. The van der Waals surface area contributed by atoms with E-state index < -0.39 is 16.1 Å². The molecule has 0 saturated heterocycles. The Labute approximate surface area is 170 Å². The Morgan fingerprint density at radius 3 is 2.00 bits per heavy atom. The van der Waals surface area contributed by atoms with Gasteiger partial charge in [0.2, 0.25) is 10.0 Å². The molecule has 3 rings (SSSR count). The third-order valence-electron chi connectivity index (χ3n) is 4.27. The molecule has 0 unspecified atom stereocenters. The van der Waals surface area contributed by atoms with Crippen LogP contribution in [-0.4, -0.2) is 25.9 Å². The third kappa shape index (κ3) is 5.66. The van der Waals surface area contributed by atoms with Gasteiger partial charge in [0, 0.05) is 19.3 Å². The van der Waals surface area contributed by atoms with Crippen molar-refractivity contribution >= 4 is 21.8 Å². The molecule has 0 bridgehead atoms. The fourth-order valence-corrected chi connectivity index (χ4v) is 3.85. The first-order valence-corrected chi connectivity index (χ1v) is 10.5. The van der Waals surface area contributed by atoms with Gasteiger partial charge in [0.1, 0.15) is 6.61 Å². The molecule has 0 aliphatic heterocycles. The zero-order valence-electron chi connectivity index (χ0n) is 16.0. The first-order chi connectivity index (χ1) is 13.9. The van der Waals surface area contributed by atoms with Crippen LogP contribution < -0.4 is 5.32 Å². The van der Waals surface area contributed by atoms with Gasteiger partial charge in [-0.2, -0.15) is 4.31 Å². The van der Waals surface area contributed by atoms with Crippen LogP contribution in [0.25, 0.3) is 0 Å². The molecule has 1 N–H and O–H groups in total. The van der Waals surface area contributed by atoms with Crippen LogP contribution in [-0.2, 0) is 27.9 Å². The van der Waals surface area contributed by atoms with Gasteiger partial charge in [0.15, 0.2) is 0 Å². The minimum atomic E-state index is -3.64. The molecule has 1 amide bonds. The van der Waals surface area contributed by atoms with E-state index in [1.807, 2.05) is 60.7 Å². The summed E-state index contributed by atoms with van der Waals surface area (Å²) in [6.07, 6.45) is -0.606. The molecule has 0 aromatic heterocycles. The molecule has 0 aliphatic carbocycles. The molecule has 0 aliphatic rings. The van der Waals surface area contributed by atoms with Gasteiger partial charge < -0.3 is 4.74 Å². The Balaban J connectivity index is 1.59. The van der Waals surface area contributed by atoms with Crippen molar-refractivity contribution in [1.29, 1.82) is 0 Å². The quantitative estimate of drug-likeness (QED) is 0.632. The predicted octanol–water partition coefficient (Wildman–Crippen LogP) is 4.26. The predicted molar refractivity (Wildman–Crippen MR) is 112 cm³/mol. The molecule has 0 radical (unpaired) electrons. The van der Waals surface area contributed by atoms with Crippen LogP contribution in [0.3, 0.4) is 0 Å². The summed E-state index contributed by atoms with van der Waals surface area (Å²) in [6.45, 7) is 0.429. The zero-order chi connectivity index (χ0) is 20.7. The Hall–Kier alpha value is -3.16. The SMILES string of the molecule is CN(Cc1ccccc1)S(=O)(=O)c1ccc(NC(=O)OCc2ccccc2)cc1. The number of nitrogens with zero attached hydrogens (tertiary/aromatic N) is 1. The number of amides is 1. The second kappa shape index (κ2) is 9.36. The van der Waals surface area contributed by atoms with E-state index in [1.165, 1.54) is 35.6 Å². The number of hydrogen-bond donors (Lipinski definition) is 1. The first-order valence-electron chi connectivity index (χ1n) is 9.03. The van der Waals surface area contributed by atoms with Crippen LogP contribution in [0.5, 0.6) is 0 Å². The number of ether oxygens (including phenoxy) is 1. The molecule has 3 aromatic rings. The summed E-state index contributed by atoms with van der Waals surface area (Å²) < 4.78 is 31.9. The monoisotopic (exact) mass is 410 g/mol. The Kier molecular flexibility index (Phi) is 6.64. The maximum Gasteiger partial charge on any atom is 0.411 e. The van der Waals surface area contributed by atoms with Crippen molar-refractivity contribution in [2.45, 2.75) is 18.0 Å². The molecule has 0 fully saturated rings. The Morgan fingerprint density at radius 2 is 1.41 bits per heavy atom. The summed E-state index contributed by atoms with van der Waals surface area (Å²) in [5.74, 6) is 0. The summed E-state index contributed by atoms with van der Waals surface area (Å²) in [4.78, 5) is 12.1. The number of hydrogen-bond acceptors (Lipinski definition) is 4. The number of nitrogens with one attached hydrogen (secondary N) is 1. The lowest BCUT2D eigenvalue weighted by molar-refractivity contribution is 0.155. The number of anilines is 1. The molecular formula is C22H22N2O4S. The fraction of sp³-hybridized carbons (Fsp3) is 0.136. The molecule has 3 aromatic carbocycles. The molecule has 0 atom stereocenters. The van der Waals surface area contributed by atoms with Crippen LogP contribution >= 0.6 is 0 Å². The number of benzene rings is 3. The van der Waals surface area contributed by atoms with E-state index >= 15 is 0 Å². The van der Waals surface area contributed by atoms with E-state index in [4.69, 9.17) is 4.74 Å². The van der Waals surface area contributed by atoms with Gasteiger partial charge in [-0.25, -0.2) is 13.2 Å². The molecule has 0 saturated carbocycles. The van der Waals surface area contributed by atoms with E-state index in [1.54, 1.807) is 0 Å². The normalized spacial score (nSPS) is 11.2. The van der Waals surface area contributed by atoms with Crippen molar-refractivity contribution in [2.75, 3.05) is 12.4 Å². The van der Waals surface area contributed by atoms with Crippen molar-refractivity contribution in [3.63, 3.8) is 0 Å². The molecule has 7 heteroatoms. The largest absolute Gasteiger partial charge is 0.444 e. The standard InChI is InChI=1S/C22H22N2O4S/c1-24(16-18-8-4-2-5-9-18)29(26,27)21-14-12-20(13-15-21)23-22(25)28-17-19-10-6-3-7-11-19/h2-15H,16-17H2,1H3,(H,23,25). The van der Waals surface area contributed by atoms with Crippen molar-refractivity contribution in [2.24, 2.45) is 0 Å². The topological polar surface area (TPSA) is 75.7 Å². The molecule has 6 nitrogen and oxygen atoms in total. The van der Waals surface area contributed by atoms with Crippen molar-refractivity contribution in [1.82, 2.24) is 4.31 Å². The van der Waals surface area contributed by atoms with Gasteiger partial charge in [0.05, 0.1) is 4.90 Å². The first kappa shape index (κ1) is 20.6. The number of carbonyl (C=O) groups excluding carboxylic acids is 1. The van der Waals surface area contributed by atoms with Crippen molar-refractivity contribution in [3.8, 4) is 0 Å². The summed E-state index contributed by atoms with van der Waals surface area (Å²) >= 11 is 0. The van der Waals surface area contributed by atoms with Crippen LogP contribution in [0.2, 0.25) is 0 Å². The van der Waals surface area contributed by atoms with Crippen molar-refractivity contribution < 1.29 is 17.9 Å². The highest BCUT2D eigenvalue weighted by atomic mass is 32.2. The van der Waals surface area contributed by atoms with Crippen LogP contribution in [0, 0.1) is 0 Å². The minimum absolute atomic E-state index is 0.152. The van der Waals surface area contributed by atoms with E-state index in [0.29, 0.717) is 5.69 Å². The number of carbonyl (C=O) groups is 1. The van der Waals surface area contributed by atoms with Gasteiger partial charge in [-0.3, -0.25) is 5.32 Å². The lowest BCUT2D eigenvalue weighted by Crippen LogP contribution is -2.26. The molecule has 0 heterocycles. The molecule has 29 heavy (non-hydrogen) atoms. The lowest BCUT2D eigenvalue weighted by Gasteiger charge is -2.17. The highest BCUT2D eigenvalue weighted by molar-refractivity contribution is 7.89.